The number of methoxy groups -OCH3 is 1. The van der Waals surface area contributed by atoms with Gasteiger partial charge in [-0.3, -0.25) is 4.84 Å². The Labute approximate surface area is 168 Å². The largest absolute Gasteiger partial charge is 0.497 e. The van der Waals surface area contributed by atoms with Crippen molar-refractivity contribution in [2.75, 3.05) is 27.0 Å². The number of benzene rings is 1. The molecule has 0 unspecified atom stereocenters. The fourth-order valence-corrected chi connectivity index (χ4v) is 2.86. The van der Waals surface area contributed by atoms with E-state index in [0.29, 0.717) is 10.8 Å². The minimum Gasteiger partial charge on any atom is -0.497 e. The zero-order valence-corrected chi connectivity index (χ0v) is 17.8. The Bertz CT molecular complexity index is 657. The van der Waals surface area contributed by atoms with E-state index >= 15 is 0 Å². The summed E-state index contributed by atoms with van der Waals surface area (Å²) in [5.74, 6) is 1.58. The number of thioether (sulfide) groups is 1. The monoisotopic (exact) mass is 415 g/mol. The summed E-state index contributed by atoms with van der Waals surface area (Å²) >= 11 is 2.35. The highest BCUT2D eigenvalue weighted by atomic mass is 32.2. The number of carbonyl (C=O) groups excluding carboxylic acids is 2. The normalized spacial score (nSPS) is 10.9. The van der Waals surface area contributed by atoms with Crippen molar-refractivity contribution in [2.24, 2.45) is 5.16 Å². The molecule has 8 nitrogen and oxygen atoms in total. The van der Waals surface area contributed by atoms with Crippen molar-refractivity contribution in [2.45, 2.75) is 26.9 Å². The summed E-state index contributed by atoms with van der Waals surface area (Å²) < 4.78 is 12.7. The molecule has 1 aromatic carbocycles. The molecule has 0 heterocycles. The maximum atomic E-state index is 12.1. The molecule has 1 aromatic rings. The molecule has 27 heavy (non-hydrogen) atoms. The lowest BCUT2D eigenvalue weighted by Crippen LogP contribution is -2.29. The lowest BCUT2D eigenvalue weighted by molar-refractivity contribution is 0.123. The van der Waals surface area contributed by atoms with E-state index in [-0.39, 0.29) is 6.61 Å². The van der Waals surface area contributed by atoms with Gasteiger partial charge in [0, 0.05) is 14.1 Å². The molecule has 0 saturated carbocycles. The van der Waals surface area contributed by atoms with Gasteiger partial charge in [0.2, 0.25) is 0 Å². The van der Waals surface area contributed by atoms with Crippen LogP contribution in [0, 0.1) is 0 Å². The van der Waals surface area contributed by atoms with Crippen LogP contribution in [0.2, 0.25) is 0 Å². The molecule has 0 aliphatic rings. The fraction of sp³-hybridized carbons (Fsp3) is 0.471. The van der Waals surface area contributed by atoms with Gasteiger partial charge in [-0.15, -0.1) is 11.8 Å². The number of hydrogen-bond acceptors (Lipinski definition) is 8. The average molecular weight is 416 g/mol. The lowest BCUT2D eigenvalue weighted by atomic mass is 10.2. The molecule has 150 valence electrons. The summed E-state index contributed by atoms with van der Waals surface area (Å²) in [6.45, 7) is 3.91. The van der Waals surface area contributed by atoms with Crippen LogP contribution in [-0.4, -0.2) is 52.8 Å². The first-order valence-electron chi connectivity index (χ1n) is 8.21. The summed E-state index contributed by atoms with van der Waals surface area (Å²) in [6, 6.07) is 7.22. The second-order valence-electron chi connectivity index (χ2n) is 5.30. The zero-order valence-electron chi connectivity index (χ0n) is 16.1. The van der Waals surface area contributed by atoms with Gasteiger partial charge in [-0.05, 0) is 36.8 Å². The van der Waals surface area contributed by atoms with Crippen LogP contribution >= 0.6 is 23.9 Å². The van der Waals surface area contributed by atoms with Gasteiger partial charge in [-0.2, -0.15) is 0 Å². The summed E-state index contributed by atoms with van der Waals surface area (Å²) in [5, 5.41) is 4.42. The molecule has 0 aromatic heterocycles. The van der Waals surface area contributed by atoms with E-state index in [1.807, 2.05) is 12.1 Å². The summed E-state index contributed by atoms with van der Waals surface area (Å²) in [4.78, 5) is 28.8. The number of amides is 2. The average Bonchev–Trinajstić information content (AvgIpc) is 2.68. The van der Waals surface area contributed by atoms with Crippen molar-refractivity contribution in [1.29, 1.82) is 0 Å². The van der Waals surface area contributed by atoms with Gasteiger partial charge in [0.05, 0.1) is 19.2 Å². The standard InChI is InChI=1S/C17H25N3O5S2/c1-6-10-26-13(2)18-25-17(22)20(4)27-19(3)16(21)24-12-14-8-7-9-15(11-14)23-5/h7-9,11H,6,10,12H2,1-5H3. The van der Waals surface area contributed by atoms with E-state index in [4.69, 9.17) is 14.3 Å². The summed E-state index contributed by atoms with van der Waals surface area (Å²) in [7, 11) is 4.54. The first kappa shape index (κ1) is 23.0. The van der Waals surface area contributed by atoms with Crippen molar-refractivity contribution in [3.05, 3.63) is 29.8 Å². The number of nitrogens with zero attached hydrogens (tertiary/aromatic N) is 3. The minimum absolute atomic E-state index is 0.0905. The van der Waals surface area contributed by atoms with Crippen LogP contribution < -0.4 is 4.74 Å². The molecule has 0 fully saturated rings. The van der Waals surface area contributed by atoms with Gasteiger partial charge in [-0.25, -0.2) is 18.2 Å². The van der Waals surface area contributed by atoms with Gasteiger partial charge in [0.15, 0.2) is 0 Å². The molecule has 0 aliphatic heterocycles. The van der Waals surface area contributed by atoms with E-state index in [2.05, 4.69) is 12.1 Å². The Balaban J connectivity index is 2.43. The molecule has 1 rings (SSSR count). The highest BCUT2D eigenvalue weighted by Crippen LogP contribution is 2.17. The number of rotatable bonds is 8. The molecule has 0 saturated heterocycles. The van der Waals surface area contributed by atoms with E-state index in [1.165, 1.54) is 30.2 Å². The van der Waals surface area contributed by atoms with Crippen molar-refractivity contribution >= 4 is 41.1 Å². The van der Waals surface area contributed by atoms with E-state index in [9.17, 15) is 9.59 Å². The molecule has 0 bridgehead atoms. The lowest BCUT2D eigenvalue weighted by Gasteiger charge is -2.20. The fourth-order valence-electron chi connectivity index (χ4n) is 1.69. The third-order valence-corrected chi connectivity index (χ3v) is 4.92. The molecular formula is C17H25N3O5S2. The molecule has 0 spiro atoms. The second kappa shape index (κ2) is 12.3. The highest BCUT2D eigenvalue weighted by molar-refractivity contribution is 8.13. The Morgan fingerprint density at radius 3 is 2.56 bits per heavy atom. The Kier molecular flexibility index (Phi) is 10.5. The third kappa shape index (κ3) is 8.91. The highest BCUT2D eigenvalue weighted by Gasteiger charge is 2.19. The number of hydrogen-bond donors (Lipinski definition) is 0. The SMILES string of the molecule is CCCSC(C)=NOC(=O)N(C)SN(C)C(=O)OCc1cccc(OC)c1. The molecular weight excluding hydrogens is 390 g/mol. The van der Waals surface area contributed by atoms with E-state index in [0.717, 1.165) is 34.2 Å². The maximum Gasteiger partial charge on any atom is 0.447 e. The zero-order chi connectivity index (χ0) is 20.2. The van der Waals surface area contributed by atoms with Gasteiger partial charge in [0.1, 0.15) is 17.4 Å². The molecule has 0 N–H and O–H groups in total. The van der Waals surface area contributed by atoms with Crippen LogP contribution in [0.3, 0.4) is 0 Å². The van der Waals surface area contributed by atoms with Crippen molar-refractivity contribution in [3.8, 4) is 5.75 Å². The third-order valence-electron chi connectivity index (χ3n) is 3.02. The first-order chi connectivity index (χ1) is 12.9. The number of carbonyl (C=O) groups is 2. The Hall–Kier alpha value is -2.07. The van der Waals surface area contributed by atoms with Crippen LogP contribution in [0.5, 0.6) is 5.75 Å². The maximum absolute atomic E-state index is 12.1. The van der Waals surface area contributed by atoms with Crippen LogP contribution in [0.25, 0.3) is 0 Å². The van der Waals surface area contributed by atoms with Gasteiger partial charge >= 0.3 is 12.2 Å². The quantitative estimate of drug-likeness (QED) is 0.205. The van der Waals surface area contributed by atoms with Crippen molar-refractivity contribution < 1.29 is 23.9 Å². The summed E-state index contributed by atoms with van der Waals surface area (Å²) in [5.41, 5.74) is 0.795. The van der Waals surface area contributed by atoms with E-state index < -0.39 is 12.2 Å². The van der Waals surface area contributed by atoms with Crippen molar-refractivity contribution in [1.82, 2.24) is 8.61 Å². The number of oxime groups is 1. The smallest absolute Gasteiger partial charge is 0.447 e. The van der Waals surface area contributed by atoms with Crippen LogP contribution in [0.15, 0.2) is 29.4 Å². The topological polar surface area (TPSA) is 80.7 Å². The predicted octanol–water partition coefficient (Wildman–Crippen LogP) is 4.37. The van der Waals surface area contributed by atoms with Gasteiger partial charge in [-0.1, -0.05) is 24.2 Å². The van der Waals surface area contributed by atoms with Crippen LogP contribution in [0.1, 0.15) is 25.8 Å². The van der Waals surface area contributed by atoms with Crippen LogP contribution in [0.4, 0.5) is 9.59 Å². The molecule has 10 heteroatoms. The Morgan fingerprint density at radius 2 is 1.89 bits per heavy atom. The van der Waals surface area contributed by atoms with Crippen molar-refractivity contribution in [3.63, 3.8) is 0 Å². The van der Waals surface area contributed by atoms with Crippen LogP contribution in [-0.2, 0) is 16.2 Å². The second-order valence-corrected chi connectivity index (χ2v) is 7.85. The predicted molar refractivity (Wildman–Crippen MR) is 109 cm³/mol. The first-order valence-corrected chi connectivity index (χ1v) is 9.92. The number of ether oxygens (including phenoxy) is 2. The van der Waals surface area contributed by atoms with Gasteiger partial charge in [0.25, 0.3) is 0 Å². The molecule has 0 aliphatic carbocycles. The minimum atomic E-state index is -0.691. The summed E-state index contributed by atoms with van der Waals surface area (Å²) in [6.07, 6.45) is -0.284. The van der Waals surface area contributed by atoms with E-state index in [1.54, 1.807) is 26.2 Å². The molecule has 0 atom stereocenters. The Morgan fingerprint density at radius 1 is 1.19 bits per heavy atom. The van der Waals surface area contributed by atoms with Gasteiger partial charge < -0.3 is 9.47 Å². The molecule has 2 amide bonds. The molecule has 0 radical (unpaired) electrons.